The molecule has 4 fully saturated rings. The van der Waals surface area contributed by atoms with E-state index in [1.165, 1.54) is 75.7 Å². The van der Waals surface area contributed by atoms with Gasteiger partial charge in [0.15, 0.2) is 11.6 Å². The van der Waals surface area contributed by atoms with Gasteiger partial charge in [-0.15, -0.1) is 0 Å². The standard InChI is InChI=1S/C45H60FNO8/c1-3-40(48)52-27-5-7-30-9-13-32(14-10-30)34-17-21-36(22-18-34)44(50)54-39-26-25-38(29-47)42(46)43(39)55-45(51)37-23-19-35(20-24-37)33-15-11-31(12-16-33)8-6-28-53-41(49)4-2/h3-4,25-26,30-37H,1-2,5-24,27-28H2. The number of hydrogen-bond acceptors (Lipinski definition) is 9. The number of nitriles is 1. The van der Waals surface area contributed by atoms with Crippen molar-refractivity contribution in [3.8, 4) is 17.6 Å². The maximum Gasteiger partial charge on any atom is 0.330 e. The summed E-state index contributed by atoms with van der Waals surface area (Å²) in [6.45, 7) is 7.73. The molecule has 5 rings (SSSR count). The van der Waals surface area contributed by atoms with Gasteiger partial charge in [0.25, 0.3) is 0 Å². The van der Waals surface area contributed by atoms with E-state index in [1.807, 2.05) is 0 Å². The number of halogens is 1. The lowest BCUT2D eigenvalue weighted by Crippen LogP contribution is -2.31. The molecule has 55 heavy (non-hydrogen) atoms. The van der Waals surface area contributed by atoms with Crippen molar-refractivity contribution in [1.82, 2.24) is 0 Å². The average molecular weight is 762 g/mol. The number of rotatable bonds is 16. The Kier molecular flexibility index (Phi) is 16.4. The molecule has 0 N–H and O–H groups in total. The first kappa shape index (κ1) is 42.1. The predicted octanol–water partition coefficient (Wildman–Crippen LogP) is 9.75. The summed E-state index contributed by atoms with van der Waals surface area (Å²) in [6.07, 6.45) is 22.0. The molecule has 0 bridgehead atoms. The summed E-state index contributed by atoms with van der Waals surface area (Å²) in [4.78, 5) is 49.3. The highest BCUT2D eigenvalue weighted by atomic mass is 19.1. The van der Waals surface area contributed by atoms with Gasteiger partial charge in [-0.25, -0.2) is 14.0 Å². The lowest BCUT2D eigenvalue weighted by atomic mass is 9.68. The second-order valence-electron chi connectivity index (χ2n) is 16.5. The molecule has 0 aliphatic heterocycles. The van der Waals surface area contributed by atoms with Gasteiger partial charge in [-0.1, -0.05) is 38.8 Å². The van der Waals surface area contributed by atoms with Crippen LogP contribution < -0.4 is 9.47 Å². The van der Waals surface area contributed by atoms with Crippen molar-refractivity contribution in [2.45, 2.75) is 128 Å². The Morgan fingerprint density at radius 1 is 0.636 bits per heavy atom. The van der Waals surface area contributed by atoms with E-state index in [0.717, 1.165) is 51.4 Å². The Hall–Kier alpha value is -4.00. The lowest BCUT2D eigenvalue weighted by molar-refractivity contribution is -0.143. The summed E-state index contributed by atoms with van der Waals surface area (Å²) in [5.41, 5.74) is -0.272. The van der Waals surface area contributed by atoms with Gasteiger partial charge >= 0.3 is 23.9 Å². The first-order valence-corrected chi connectivity index (χ1v) is 20.9. The van der Waals surface area contributed by atoms with E-state index >= 15 is 4.39 Å². The van der Waals surface area contributed by atoms with Gasteiger partial charge in [0.2, 0.25) is 5.75 Å². The SMILES string of the molecule is C=CC(=O)OCCCC1CCC(C2CCC(C(=O)Oc3ccc(C#N)c(F)c3OC(=O)C3CCC(C4CCC(CCCOC(=O)C=C)CC4)CC3)CC2)CC1. The van der Waals surface area contributed by atoms with Crippen molar-refractivity contribution < 1.29 is 42.5 Å². The maximum absolute atomic E-state index is 15.5. The van der Waals surface area contributed by atoms with Crippen LogP contribution in [0, 0.1) is 64.5 Å². The topological polar surface area (TPSA) is 129 Å². The molecular formula is C45H60FNO8. The van der Waals surface area contributed by atoms with Gasteiger partial charge in [0.05, 0.1) is 30.6 Å². The lowest BCUT2D eigenvalue weighted by Gasteiger charge is -2.37. The highest BCUT2D eigenvalue weighted by Crippen LogP contribution is 2.45. The number of ether oxygens (including phenoxy) is 4. The number of nitrogens with zero attached hydrogens (tertiary/aromatic N) is 1. The number of benzene rings is 1. The predicted molar refractivity (Wildman–Crippen MR) is 205 cm³/mol. The van der Waals surface area contributed by atoms with E-state index in [9.17, 15) is 24.4 Å². The highest BCUT2D eigenvalue weighted by Gasteiger charge is 2.36. The van der Waals surface area contributed by atoms with E-state index in [4.69, 9.17) is 18.9 Å². The molecular weight excluding hydrogens is 701 g/mol. The Balaban J connectivity index is 1.04. The van der Waals surface area contributed by atoms with E-state index in [2.05, 4.69) is 13.2 Å². The summed E-state index contributed by atoms with van der Waals surface area (Å²) >= 11 is 0. The van der Waals surface area contributed by atoms with Crippen molar-refractivity contribution in [3.05, 3.63) is 48.8 Å². The van der Waals surface area contributed by atoms with Gasteiger partial charge in [-0.3, -0.25) is 9.59 Å². The molecule has 9 nitrogen and oxygen atoms in total. The molecule has 0 atom stereocenters. The minimum atomic E-state index is -0.984. The Bertz CT molecular complexity index is 1520. The Morgan fingerprint density at radius 3 is 1.44 bits per heavy atom. The third-order valence-electron chi connectivity index (χ3n) is 13.3. The van der Waals surface area contributed by atoms with Crippen LogP contribution in [0.3, 0.4) is 0 Å². The third kappa shape index (κ3) is 12.2. The zero-order valence-corrected chi connectivity index (χ0v) is 32.5. The van der Waals surface area contributed by atoms with E-state index in [1.54, 1.807) is 6.07 Å². The fourth-order valence-corrected chi connectivity index (χ4v) is 9.93. The quantitative estimate of drug-likeness (QED) is 0.0700. The molecule has 0 aromatic heterocycles. The minimum absolute atomic E-state index is 0.154. The molecule has 0 unspecified atom stereocenters. The third-order valence-corrected chi connectivity index (χ3v) is 13.3. The highest BCUT2D eigenvalue weighted by molar-refractivity contribution is 5.81. The van der Waals surface area contributed by atoms with Crippen molar-refractivity contribution in [3.63, 3.8) is 0 Å². The number of hydrogen-bond donors (Lipinski definition) is 0. The fraction of sp³-hybridized carbons (Fsp3) is 0.667. The van der Waals surface area contributed by atoms with Crippen LogP contribution in [-0.4, -0.2) is 37.1 Å². The molecule has 300 valence electrons. The summed E-state index contributed by atoms with van der Waals surface area (Å²) in [5, 5.41) is 9.50. The largest absolute Gasteiger partial charge is 0.463 e. The minimum Gasteiger partial charge on any atom is -0.463 e. The molecule has 0 saturated heterocycles. The summed E-state index contributed by atoms with van der Waals surface area (Å²) in [6, 6.07) is 4.42. The molecule has 1 aromatic rings. The van der Waals surface area contributed by atoms with Crippen LogP contribution in [-0.2, 0) is 28.7 Å². The zero-order valence-electron chi connectivity index (χ0n) is 32.5. The fourth-order valence-electron chi connectivity index (χ4n) is 9.93. The van der Waals surface area contributed by atoms with Crippen molar-refractivity contribution in [2.75, 3.05) is 13.2 Å². The van der Waals surface area contributed by atoms with Crippen LogP contribution in [0.5, 0.6) is 11.5 Å². The Morgan fingerprint density at radius 2 is 1.04 bits per heavy atom. The van der Waals surface area contributed by atoms with Crippen LogP contribution in [0.15, 0.2) is 37.4 Å². The van der Waals surface area contributed by atoms with Crippen LogP contribution in [0.4, 0.5) is 4.39 Å². The molecule has 0 radical (unpaired) electrons. The van der Waals surface area contributed by atoms with Gasteiger partial charge in [-0.05, 0) is 150 Å². The molecule has 4 saturated carbocycles. The van der Waals surface area contributed by atoms with Crippen molar-refractivity contribution >= 4 is 23.9 Å². The second-order valence-corrected chi connectivity index (χ2v) is 16.5. The number of esters is 4. The molecule has 0 amide bonds. The molecule has 10 heteroatoms. The van der Waals surface area contributed by atoms with E-state index in [-0.39, 0.29) is 35.1 Å². The zero-order chi connectivity index (χ0) is 39.2. The monoisotopic (exact) mass is 761 g/mol. The van der Waals surface area contributed by atoms with Crippen LogP contribution in [0.2, 0.25) is 0 Å². The molecule has 4 aliphatic rings. The second kappa shape index (κ2) is 21.3. The molecule has 1 aromatic carbocycles. The van der Waals surface area contributed by atoms with Gasteiger partial charge in [0.1, 0.15) is 6.07 Å². The number of carbonyl (C=O) groups excluding carboxylic acids is 4. The van der Waals surface area contributed by atoms with Gasteiger partial charge in [-0.2, -0.15) is 5.26 Å². The normalized spacial score (nSPS) is 28.1. The van der Waals surface area contributed by atoms with Crippen LogP contribution in [0.1, 0.15) is 134 Å². The summed E-state index contributed by atoms with van der Waals surface area (Å²) in [7, 11) is 0. The first-order valence-electron chi connectivity index (χ1n) is 20.9. The smallest absolute Gasteiger partial charge is 0.330 e. The van der Waals surface area contributed by atoms with Crippen LogP contribution in [0.25, 0.3) is 0 Å². The summed E-state index contributed by atoms with van der Waals surface area (Å²) in [5.74, 6) is -0.345. The van der Waals surface area contributed by atoms with Crippen molar-refractivity contribution in [1.29, 1.82) is 5.26 Å². The van der Waals surface area contributed by atoms with E-state index in [0.29, 0.717) is 74.4 Å². The number of carbonyl (C=O) groups is 4. The average Bonchev–Trinajstić information content (AvgIpc) is 3.22. The van der Waals surface area contributed by atoms with Crippen LogP contribution >= 0.6 is 0 Å². The molecule has 4 aliphatic carbocycles. The maximum atomic E-state index is 15.5. The molecule has 0 heterocycles. The Labute approximate surface area is 326 Å². The van der Waals surface area contributed by atoms with Gasteiger partial charge in [0, 0.05) is 12.2 Å². The van der Waals surface area contributed by atoms with Crippen molar-refractivity contribution in [2.24, 2.45) is 47.3 Å². The van der Waals surface area contributed by atoms with Gasteiger partial charge < -0.3 is 18.9 Å². The molecule has 0 spiro atoms. The van der Waals surface area contributed by atoms with E-state index < -0.39 is 23.5 Å². The summed E-state index contributed by atoms with van der Waals surface area (Å²) < 4.78 is 37.1. The first-order chi connectivity index (χ1) is 26.7.